The first-order chi connectivity index (χ1) is 9.40. The second-order valence-electron chi connectivity index (χ2n) is 3.76. The lowest BCUT2D eigenvalue weighted by Gasteiger charge is -2.07. The third-order valence-electron chi connectivity index (χ3n) is 2.39. The number of benzene rings is 1. The molecule has 0 saturated carbocycles. The Morgan fingerprint density at radius 3 is 2.20 bits per heavy atom. The number of carbonyl (C=O) groups is 2. The molecule has 0 saturated heterocycles. The second-order valence-corrected chi connectivity index (χ2v) is 5.75. The number of hydrogen-bond donors (Lipinski definition) is 0. The summed E-state index contributed by atoms with van der Waals surface area (Å²) in [4.78, 5) is 22.7. The molecule has 0 atom stereocenters. The lowest BCUT2D eigenvalue weighted by molar-refractivity contribution is -0.138. The molecule has 0 aliphatic rings. The van der Waals surface area contributed by atoms with Gasteiger partial charge in [-0.1, -0.05) is 18.2 Å². The van der Waals surface area contributed by atoms with Gasteiger partial charge in [-0.3, -0.25) is 0 Å². The Kier molecular flexibility index (Phi) is 5.45. The van der Waals surface area contributed by atoms with Gasteiger partial charge in [-0.2, -0.15) is 0 Å². The zero-order valence-corrected chi connectivity index (χ0v) is 11.8. The predicted molar refractivity (Wildman–Crippen MR) is 70.6 cm³/mol. The summed E-state index contributed by atoms with van der Waals surface area (Å²) >= 11 is 0. The summed E-state index contributed by atoms with van der Waals surface area (Å²) in [5.41, 5.74) is -0.289. The average molecular weight is 298 g/mol. The van der Waals surface area contributed by atoms with Gasteiger partial charge in [-0.25, -0.2) is 18.0 Å². The molecule has 0 aliphatic carbocycles. The fraction of sp³-hybridized carbons (Fsp3) is 0.231. The minimum Gasteiger partial charge on any atom is -0.466 e. The lowest BCUT2D eigenvalue weighted by Crippen LogP contribution is -2.18. The summed E-state index contributed by atoms with van der Waals surface area (Å²) in [7, 11) is -1.52. The highest BCUT2D eigenvalue weighted by atomic mass is 32.2. The monoisotopic (exact) mass is 298 g/mol. The number of ether oxygens (including phenoxy) is 2. The van der Waals surface area contributed by atoms with Crippen LogP contribution in [0.2, 0.25) is 0 Å². The van der Waals surface area contributed by atoms with Crippen LogP contribution in [0.3, 0.4) is 0 Å². The Morgan fingerprint density at radius 2 is 1.70 bits per heavy atom. The Balaban J connectivity index is 3.10. The molecule has 0 radical (unpaired) electrons. The molecule has 0 fully saturated rings. The Hall–Kier alpha value is -2.15. The van der Waals surface area contributed by atoms with E-state index in [1.807, 2.05) is 0 Å². The van der Waals surface area contributed by atoms with E-state index in [4.69, 9.17) is 0 Å². The number of esters is 2. The van der Waals surface area contributed by atoms with Gasteiger partial charge >= 0.3 is 11.9 Å². The summed E-state index contributed by atoms with van der Waals surface area (Å²) in [5.74, 6) is -2.36. The van der Waals surface area contributed by atoms with Crippen molar-refractivity contribution in [2.24, 2.45) is 0 Å². The van der Waals surface area contributed by atoms with Crippen LogP contribution in [0.25, 0.3) is 0 Å². The number of rotatable bonds is 5. The van der Waals surface area contributed by atoms with Crippen LogP contribution in [0.1, 0.15) is 0 Å². The summed E-state index contributed by atoms with van der Waals surface area (Å²) in [6, 6.07) is 7.61. The van der Waals surface area contributed by atoms with Crippen LogP contribution in [0.15, 0.2) is 46.9 Å². The summed E-state index contributed by atoms with van der Waals surface area (Å²) in [6.45, 7) is 0. The molecule has 7 heteroatoms. The largest absolute Gasteiger partial charge is 0.466 e. The van der Waals surface area contributed by atoms with Gasteiger partial charge in [-0.05, 0) is 12.1 Å². The first-order valence-electron chi connectivity index (χ1n) is 5.55. The van der Waals surface area contributed by atoms with Gasteiger partial charge in [0, 0.05) is 6.08 Å². The van der Waals surface area contributed by atoms with E-state index in [-0.39, 0.29) is 10.5 Å². The van der Waals surface area contributed by atoms with E-state index in [1.165, 1.54) is 12.1 Å². The van der Waals surface area contributed by atoms with Crippen LogP contribution in [0.5, 0.6) is 0 Å². The molecule has 6 nitrogen and oxygen atoms in total. The van der Waals surface area contributed by atoms with Gasteiger partial charge < -0.3 is 9.47 Å². The van der Waals surface area contributed by atoms with Crippen molar-refractivity contribution in [1.29, 1.82) is 0 Å². The molecule has 1 rings (SSSR count). The van der Waals surface area contributed by atoms with E-state index < -0.39 is 27.5 Å². The van der Waals surface area contributed by atoms with Crippen LogP contribution in [-0.2, 0) is 28.9 Å². The zero-order chi connectivity index (χ0) is 15.2. The normalized spacial score (nSPS) is 11.8. The predicted octanol–water partition coefficient (Wildman–Crippen LogP) is 0.733. The van der Waals surface area contributed by atoms with E-state index in [0.717, 1.165) is 20.3 Å². The van der Waals surface area contributed by atoms with Crippen LogP contribution in [0, 0.1) is 0 Å². The lowest BCUT2D eigenvalue weighted by atomic mass is 10.3. The first-order valence-corrected chi connectivity index (χ1v) is 7.20. The highest BCUT2D eigenvalue weighted by Gasteiger charge is 2.22. The van der Waals surface area contributed by atoms with Crippen LogP contribution in [-0.4, -0.2) is 40.3 Å². The standard InChI is InChI=1S/C13H14O6S/c1-18-12(14)8-10(13(15)19-2)9-20(16,17)11-6-4-3-5-7-11/h3-8H,9H2,1-2H3/b10-8-. The maximum absolute atomic E-state index is 12.1. The second kappa shape index (κ2) is 6.85. The smallest absolute Gasteiger partial charge is 0.335 e. The molecule has 108 valence electrons. The molecule has 1 aromatic rings. The topological polar surface area (TPSA) is 86.7 Å². The third kappa shape index (κ3) is 4.20. The maximum Gasteiger partial charge on any atom is 0.335 e. The van der Waals surface area contributed by atoms with Gasteiger partial charge in [0.2, 0.25) is 0 Å². The van der Waals surface area contributed by atoms with Crippen molar-refractivity contribution >= 4 is 21.8 Å². The Labute approximate surface area is 116 Å². The molecule has 20 heavy (non-hydrogen) atoms. The highest BCUT2D eigenvalue weighted by molar-refractivity contribution is 7.91. The highest BCUT2D eigenvalue weighted by Crippen LogP contribution is 2.14. The molecule has 1 aromatic carbocycles. The van der Waals surface area contributed by atoms with Crippen molar-refractivity contribution in [2.75, 3.05) is 20.0 Å². The van der Waals surface area contributed by atoms with Crippen molar-refractivity contribution in [1.82, 2.24) is 0 Å². The minimum absolute atomic E-state index is 0.0552. The molecule has 0 amide bonds. The molecule has 0 aromatic heterocycles. The molecular weight excluding hydrogens is 284 g/mol. The zero-order valence-electron chi connectivity index (χ0n) is 11.0. The van der Waals surface area contributed by atoms with Crippen molar-refractivity contribution in [2.45, 2.75) is 4.90 Å². The molecule has 0 spiro atoms. The summed E-state index contributed by atoms with van der Waals surface area (Å²) < 4.78 is 33.1. The van der Waals surface area contributed by atoms with Gasteiger partial charge in [0.05, 0.1) is 30.4 Å². The molecule has 0 aliphatic heterocycles. The Morgan fingerprint density at radius 1 is 1.10 bits per heavy atom. The molecule has 0 bridgehead atoms. The van der Waals surface area contributed by atoms with E-state index in [1.54, 1.807) is 18.2 Å². The van der Waals surface area contributed by atoms with Crippen molar-refractivity contribution in [3.05, 3.63) is 42.0 Å². The molecule has 0 heterocycles. The maximum atomic E-state index is 12.1. The number of sulfone groups is 1. The van der Waals surface area contributed by atoms with Crippen LogP contribution < -0.4 is 0 Å². The fourth-order valence-corrected chi connectivity index (χ4v) is 2.76. The van der Waals surface area contributed by atoms with Crippen molar-refractivity contribution < 1.29 is 27.5 Å². The summed E-state index contributed by atoms with van der Waals surface area (Å²) in [5, 5.41) is 0. The van der Waals surface area contributed by atoms with Gasteiger partial charge in [0.25, 0.3) is 0 Å². The number of methoxy groups -OCH3 is 2. The molecule has 0 unspecified atom stereocenters. The van der Waals surface area contributed by atoms with Gasteiger partial charge in [0.1, 0.15) is 0 Å². The quantitative estimate of drug-likeness (QED) is 0.588. The van der Waals surface area contributed by atoms with Gasteiger partial charge in [0.15, 0.2) is 9.84 Å². The van der Waals surface area contributed by atoms with Crippen molar-refractivity contribution in [3.63, 3.8) is 0 Å². The van der Waals surface area contributed by atoms with E-state index in [2.05, 4.69) is 9.47 Å². The first kappa shape index (κ1) is 15.9. The fourth-order valence-electron chi connectivity index (χ4n) is 1.41. The number of carbonyl (C=O) groups excluding carboxylic acids is 2. The van der Waals surface area contributed by atoms with E-state index in [9.17, 15) is 18.0 Å². The van der Waals surface area contributed by atoms with E-state index in [0.29, 0.717) is 0 Å². The van der Waals surface area contributed by atoms with Gasteiger partial charge in [-0.15, -0.1) is 0 Å². The Bertz CT molecular complexity index is 616. The van der Waals surface area contributed by atoms with Crippen LogP contribution >= 0.6 is 0 Å². The SMILES string of the molecule is COC(=O)/C=C(/CS(=O)(=O)c1ccccc1)C(=O)OC. The molecule has 0 N–H and O–H groups in total. The third-order valence-corrected chi connectivity index (χ3v) is 4.07. The van der Waals surface area contributed by atoms with Crippen molar-refractivity contribution in [3.8, 4) is 0 Å². The van der Waals surface area contributed by atoms with E-state index >= 15 is 0 Å². The summed E-state index contributed by atoms with van der Waals surface area (Å²) in [6.07, 6.45) is 0.812. The molecular formula is C13H14O6S. The average Bonchev–Trinajstić information content (AvgIpc) is 2.46. The number of hydrogen-bond acceptors (Lipinski definition) is 6. The van der Waals surface area contributed by atoms with Crippen LogP contribution in [0.4, 0.5) is 0 Å². The minimum atomic E-state index is -3.75.